The minimum absolute atomic E-state index is 0.0970. The standard InChI is InChI=1S/C14H26N4O2S/c1-10-13(11(2)18(5)17-10)21(19,20)16-9-12-14(3,4)7-6-8-15-12/h12,15-16H,6-9H2,1-5H3. The first-order chi connectivity index (χ1) is 9.65. The van der Waals surface area contributed by atoms with Crippen molar-refractivity contribution in [1.29, 1.82) is 0 Å². The summed E-state index contributed by atoms with van der Waals surface area (Å²) >= 11 is 0. The fourth-order valence-corrected chi connectivity index (χ4v) is 4.51. The van der Waals surface area contributed by atoms with E-state index in [4.69, 9.17) is 0 Å². The summed E-state index contributed by atoms with van der Waals surface area (Å²) < 4.78 is 29.5. The highest BCUT2D eigenvalue weighted by Crippen LogP contribution is 2.30. The van der Waals surface area contributed by atoms with Gasteiger partial charge in [0.05, 0.1) is 11.4 Å². The van der Waals surface area contributed by atoms with Crippen LogP contribution >= 0.6 is 0 Å². The molecule has 2 N–H and O–H groups in total. The maximum atomic E-state index is 12.5. The largest absolute Gasteiger partial charge is 0.312 e. The molecule has 1 aromatic rings. The number of rotatable bonds is 4. The molecule has 0 aliphatic carbocycles. The molecule has 0 bridgehead atoms. The van der Waals surface area contributed by atoms with E-state index in [0.29, 0.717) is 22.8 Å². The molecule has 21 heavy (non-hydrogen) atoms. The van der Waals surface area contributed by atoms with E-state index in [1.807, 2.05) is 0 Å². The van der Waals surface area contributed by atoms with Gasteiger partial charge in [-0.05, 0) is 38.6 Å². The van der Waals surface area contributed by atoms with Gasteiger partial charge in [-0.15, -0.1) is 0 Å². The Morgan fingerprint density at radius 1 is 1.43 bits per heavy atom. The molecule has 2 heterocycles. The van der Waals surface area contributed by atoms with Crippen LogP contribution in [0.15, 0.2) is 4.90 Å². The van der Waals surface area contributed by atoms with Gasteiger partial charge in [-0.3, -0.25) is 4.68 Å². The lowest BCUT2D eigenvalue weighted by atomic mass is 9.78. The molecule has 7 heteroatoms. The smallest absolute Gasteiger partial charge is 0.244 e. The van der Waals surface area contributed by atoms with Crippen molar-refractivity contribution in [3.05, 3.63) is 11.4 Å². The molecular formula is C14H26N4O2S. The molecule has 1 saturated heterocycles. The van der Waals surface area contributed by atoms with Crippen LogP contribution in [0, 0.1) is 19.3 Å². The zero-order chi connectivity index (χ0) is 15.8. The topological polar surface area (TPSA) is 76.0 Å². The lowest BCUT2D eigenvalue weighted by Crippen LogP contribution is -2.52. The molecule has 120 valence electrons. The van der Waals surface area contributed by atoms with Crippen molar-refractivity contribution in [2.24, 2.45) is 12.5 Å². The van der Waals surface area contributed by atoms with Crippen molar-refractivity contribution < 1.29 is 8.42 Å². The molecule has 0 aromatic carbocycles. The van der Waals surface area contributed by atoms with Gasteiger partial charge in [0.1, 0.15) is 4.90 Å². The summed E-state index contributed by atoms with van der Waals surface area (Å²) in [5.41, 5.74) is 1.30. The Hall–Kier alpha value is -0.920. The molecule has 0 radical (unpaired) electrons. The summed E-state index contributed by atoms with van der Waals surface area (Å²) in [5.74, 6) is 0. The van der Waals surface area contributed by atoms with Gasteiger partial charge in [0, 0.05) is 19.6 Å². The summed E-state index contributed by atoms with van der Waals surface area (Å²) in [5, 5.41) is 7.60. The maximum absolute atomic E-state index is 12.5. The Labute approximate surface area is 127 Å². The Balaban J connectivity index is 2.15. The predicted octanol–water partition coefficient (Wildman–Crippen LogP) is 1.09. The zero-order valence-corrected chi connectivity index (χ0v) is 14.3. The lowest BCUT2D eigenvalue weighted by Gasteiger charge is -2.39. The highest BCUT2D eigenvalue weighted by Gasteiger charge is 2.33. The number of nitrogens with one attached hydrogen (secondary N) is 2. The van der Waals surface area contributed by atoms with E-state index in [1.165, 1.54) is 0 Å². The SMILES string of the molecule is Cc1nn(C)c(C)c1S(=O)(=O)NCC1NCCCC1(C)C. The third-order valence-corrected chi connectivity index (χ3v) is 6.20. The summed E-state index contributed by atoms with van der Waals surface area (Å²) in [7, 11) is -1.77. The number of aromatic nitrogens is 2. The van der Waals surface area contributed by atoms with Crippen molar-refractivity contribution in [3.63, 3.8) is 0 Å². The highest BCUT2D eigenvalue weighted by molar-refractivity contribution is 7.89. The quantitative estimate of drug-likeness (QED) is 0.872. The van der Waals surface area contributed by atoms with Crippen LogP contribution in [0.1, 0.15) is 38.1 Å². The molecular weight excluding hydrogens is 288 g/mol. The maximum Gasteiger partial charge on any atom is 0.244 e. The van der Waals surface area contributed by atoms with Crippen LogP contribution < -0.4 is 10.0 Å². The fraction of sp³-hybridized carbons (Fsp3) is 0.786. The van der Waals surface area contributed by atoms with E-state index in [-0.39, 0.29) is 11.5 Å². The Morgan fingerprint density at radius 3 is 2.62 bits per heavy atom. The number of piperidine rings is 1. The third-order valence-electron chi connectivity index (χ3n) is 4.52. The van der Waals surface area contributed by atoms with Gasteiger partial charge in [0.25, 0.3) is 0 Å². The normalized spacial score (nSPS) is 22.4. The molecule has 1 atom stereocenters. The number of hydrogen-bond donors (Lipinski definition) is 2. The molecule has 0 spiro atoms. The van der Waals surface area contributed by atoms with E-state index < -0.39 is 10.0 Å². The van der Waals surface area contributed by atoms with E-state index in [9.17, 15) is 8.42 Å². The van der Waals surface area contributed by atoms with E-state index in [2.05, 4.69) is 29.0 Å². The third kappa shape index (κ3) is 3.30. The van der Waals surface area contributed by atoms with Crippen molar-refractivity contribution in [1.82, 2.24) is 19.8 Å². The monoisotopic (exact) mass is 314 g/mol. The van der Waals surface area contributed by atoms with Crippen molar-refractivity contribution in [2.45, 2.75) is 51.5 Å². The molecule has 6 nitrogen and oxygen atoms in total. The molecule has 0 amide bonds. The van der Waals surface area contributed by atoms with Gasteiger partial charge in [-0.1, -0.05) is 13.8 Å². The van der Waals surface area contributed by atoms with Crippen molar-refractivity contribution >= 4 is 10.0 Å². The summed E-state index contributed by atoms with van der Waals surface area (Å²) in [6.45, 7) is 9.21. The van der Waals surface area contributed by atoms with Gasteiger partial charge in [-0.2, -0.15) is 5.10 Å². The number of hydrogen-bond acceptors (Lipinski definition) is 4. The van der Waals surface area contributed by atoms with Crippen LogP contribution in [0.5, 0.6) is 0 Å². The molecule has 1 unspecified atom stereocenters. The average molecular weight is 314 g/mol. The minimum Gasteiger partial charge on any atom is -0.312 e. The van der Waals surface area contributed by atoms with Gasteiger partial charge in [0.2, 0.25) is 10.0 Å². The molecule has 1 aromatic heterocycles. The van der Waals surface area contributed by atoms with Crippen LogP contribution in [0.25, 0.3) is 0 Å². The van der Waals surface area contributed by atoms with E-state index in [1.54, 1.807) is 25.6 Å². The van der Waals surface area contributed by atoms with Crippen molar-refractivity contribution in [2.75, 3.05) is 13.1 Å². The van der Waals surface area contributed by atoms with Crippen LogP contribution in [-0.2, 0) is 17.1 Å². The van der Waals surface area contributed by atoms with Crippen LogP contribution in [-0.4, -0.2) is 37.3 Å². The van der Waals surface area contributed by atoms with E-state index in [0.717, 1.165) is 19.4 Å². The van der Waals surface area contributed by atoms with Gasteiger partial charge >= 0.3 is 0 Å². The van der Waals surface area contributed by atoms with Crippen LogP contribution in [0.2, 0.25) is 0 Å². The summed E-state index contributed by atoms with van der Waals surface area (Å²) in [6, 6.07) is 0.151. The second kappa shape index (κ2) is 5.70. The Morgan fingerprint density at radius 2 is 2.10 bits per heavy atom. The van der Waals surface area contributed by atoms with Gasteiger partial charge < -0.3 is 5.32 Å². The van der Waals surface area contributed by atoms with Crippen LogP contribution in [0.4, 0.5) is 0 Å². The fourth-order valence-electron chi connectivity index (χ4n) is 3.03. The minimum atomic E-state index is -3.52. The second-order valence-corrected chi connectivity index (χ2v) is 8.28. The Bertz CT molecular complexity index is 619. The van der Waals surface area contributed by atoms with Crippen LogP contribution in [0.3, 0.4) is 0 Å². The molecule has 0 saturated carbocycles. The number of nitrogens with zero attached hydrogens (tertiary/aromatic N) is 2. The molecule has 1 aliphatic rings. The first-order valence-electron chi connectivity index (χ1n) is 7.38. The first kappa shape index (κ1) is 16.5. The first-order valence-corrected chi connectivity index (χ1v) is 8.87. The molecule has 1 aliphatic heterocycles. The predicted molar refractivity (Wildman–Crippen MR) is 82.7 cm³/mol. The molecule has 1 fully saturated rings. The Kier molecular flexibility index (Phi) is 4.46. The summed E-state index contributed by atoms with van der Waals surface area (Å²) in [4.78, 5) is 0.304. The number of sulfonamides is 1. The highest BCUT2D eigenvalue weighted by atomic mass is 32.2. The van der Waals surface area contributed by atoms with Crippen molar-refractivity contribution in [3.8, 4) is 0 Å². The van der Waals surface area contributed by atoms with E-state index >= 15 is 0 Å². The van der Waals surface area contributed by atoms with Gasteiger partial charge in [0.15, 0.2) is 0 Å². The number of aryl methyl sites for hydroxylation is 2. The zero-order valence-electron chi connectivity index (χ0n) is 13.5. The second-order valence-electron chi connectivity index (χ2n) is 6.57. The summed E-state index contributed by atoms with van der Waals surface area (Å²) in [6.07, 6.45) is 2.24. The van der Waals surface area contributed by atoms with Gasteiger partial charge in [-0.25, -0.2) is 13.1 Å². The lowest BCUT2D eigenvalue weighted by molar-refractivity contribution is 0.181. The average Bonchev–Trinajstić information content (AvgIpc) is 2.61. The molecule has 2 rings (SSSR count).